The Morgan fingerprint density at radius 1 is 1.12 bits per heavy atom. The summed E-state index contributed by atoms with van der Waals surface area (Å²) in [6, 6.07) is 13.0. The monoisotopic (exact) mass is 353 g/mol. The SMILES string of the molecule is [O-]N1NC(=NCc2ccc(Cl)cc2)Nc2ccc(-c3cn[nH]c3)cc21. The van der Waals surface area contributed by atoms with Gasteiger partial charge in [-0.05, 0) is 35.4 Å². The molecule has 0 aliphatic carbocycles. The van der Waals surface area contributed by atoms with E-state index in [2.05, 4.69) is 25.9 Å². The molecule has 2 aromatic carbocycles. The number of fused-ring (bicyclic) bond motifs is 1. The molecule has 0 unspecified atom stereocenters. The van der Waals surface area contributed by atoms with Crippen LogP contribution in [-0.4, -0.2) is 16.2 Å². The number of anilines is 2. The predicted octanol–water partition coefficient (Wildman–Crippen LogP) is 3.52. The first-order chi connectivity index (χ1) is 12.2. The maximum atomic E-state index is 12.3. The first-order valence-electron chi connectivity index (χ1n) is 7.62. The number of H-pyrrole nitrogens is 1. The minimum absolute atomic E-state index is 0.397. The van der Waals surface area contributed by atoms with E-state index in [0.717, 1.165) is 16.7 Å². The second kappa shape index (κ2) is 6.46. The Bertz CT molecular complexity index is 907. The summed E-state index contributed by atoms with van der Waals surface area (Å²) in [7, 11) is 0. The van der Waals surface area contributed by atoms with Crippen LogP contribution in [0, 0.1) is 5.21 Å². The second-order valence-corrected chi connectivity index (χ2v) is 5.98. The Labute approximate surface area is 148 Å². The zero-order valence-electron chi connectivity index (χ0n) is 13.0. The van der Waals surface area contributed by atoms with Crippen molar-refractivity contribution in [2.75, 3.05) is 10.5 Å². The van der Waals surface area contributed by atoms with Crippen molar-refractivity contribution in [3.05, 3.63) is 70.7 Å². The Kier molecular flexibility index (Phi) is 4.01. The highest BCUT2D eigenvalue weighted by Crippen LogP contribution is 2.32. The predicted molar refractivity (Wildman–Crippen MR) is 99.2 cm³/mol. The molecule has 0 radical (unpaired) electrons. The lowest BCUT2D eigenvalue weighted by molar-refractivity contribution is 0.890. The number of aromatic amines is 1. The molecular formula is C17H14ClN6O-. The third-order valence-electron chi connectivity index (χ3n) is 3.84. The quantitative estimate of drug-likeness (QED) is 0.670. The van der Waals surface area contributed by atoms with E-state index < -0.39 is 0 Å². The molecule has 1 aliphatic heterocycles. The number of nitrogens with one attached hydrogen (secondary N) is 3. The summed E-state index contributed by atoms with van der Waals surface area (Å²) < 4.78 is 0. The van der Waals surface area contributed by atoms with Crippen LogP contribution < -0.4 is 15.9 Å². The van der Waals surface area contributed by atoms with Gasteiger partial charge in [-0.1, -0.05) is 29.8 Å². The fraction of sp³-hybridized carbons (Fsp3) is 0.0588. The van der Waals surface area contributed by atoms with Gasteiger partial charge in [0.15, 0.2) is 0 Å². The molecule has 25 heavy (non-hydrogen) atoms. The van der Waals surface area contributed by atoms with Crippen molar-refractivity contribution in [1.82, 2.24) is 15.6 Å². The lowest BCUT2D eigenvalue weighted by Crippen LogP contribution is -2.46. The molecule has 126 valence electrons. The third-order valence-corrected chi connectivity index (χ3v) is 4.09. The third kappa shape index (κ3) is 3.28. The highest BCUT2D eigenvalue weighted by atomic mass is 35.5. The van der Waals surface area contributed by atoms with Crippen LogP contribution in [-0.2, 0) is 6.54 Å². The van der Waals surface area contributed by atoms with Crippen LogP contribution in [0.4, 0.5) is 11.4 Å². The van der Waals surface area contributed by atoms with Crippen molar-refractivity contribution >= 4 is 28.9 Å². The molecule has 3 aromatic rings. The van der Waals surface area contributed by atoms with Gasteiger partial charge in [-0.2, -0.15) is 5.10 Å². The molecule has 2 heterocycles. The van der Waals surface area contributed by atoms with Crippen LogP contribution in [0.3, 0.4) is 0 Å². The number of hydrogen-bond donors (Lipinski definition) is 3. The normalized spacial score (nSPS) is 14.8. The summed E-state index contributed by atoms with van der Waals surface area (Å²) in [6.07, 6.45) is 3.49. The van der Waals surface area contributed by atoms with Crippen molar-refractivity contribution in [3.63, 3.8) is 0 Å². The van der Waals surface area contributed by atoms with Crippen LogP contribution in [0.25, 0.3) is 11.1 Å². The molecule has 0 fully saturated rings. The standard InChI is InChI=1S/C17H14ClN6O/c18-14-4-1-11(2-5-14)8-19-17-22-15-6-3-12(13-9-20-21-10-13)7-16(15)24(25)23-17/h1-7,9-10H,8H2,(H,20,21)(H2,19,22,23)/q-1. The Morgan fingerprint density at radius 2 is 1.96 bits per heavy atom. The molecule has 0 spiro atoms. The Balaban J connectivity index is 1.54. The number of rotatable bonds is 3. The number of halogens is 1. The maximum Gasteiger partial charge on any atom is 0.214 e. The largest absolute Gasteiger partial charge is 0.739 e. The smallest absolute Gasteiger partial charge is 0.214 e. The molecule has 0 saturated heterocycles. The molecule has 1 aromatic heterocycles. The molecular weight excluding hydrogens is 340 g/mol. The van der Waals surface area contributed by atoms with E-state index in [9.17, 15) is 5.21 Å². The first kappa shape index (κ1) is 15.5. The van der Waals surface area contributed by atoms with Crippen molar-refractivity contribution in [2.24, 2.45) is 4.99 Å². The molecule has 4 rings (SSSR count). The van der Waals surface area contributed by atoms with Crippen LogP contribution in [0.15, 0.2) is 59.9 Å². The van der Waals surface area contributed by atoms with E-state index in [-0.39, 0.29) is 0 Å². The van der Waals surface area contributed by atoms with Gasteiger partial charge >= 0.3 is 0 Å². The summed E-state index contributed by atoms with van der Waals surface area (Å²) in [5, 5.41) is 23.5. The molecule has 0 amide bonds. The number of hydrazine groups is 1. The topological polar surface area (TPSA) is 91.4 Å². The molecule has 3 N–H and O–H groups in total. The summed E-state index contributed by atoms with van der Waals surface area (Å²) in [5.41, 5.74) is 6.69. The van der Waals surface area contributed by atoms with Crippen molar-refractivity contribution in [2.45, 2.75) is 6.54 Å². The maximum absolute atomic E-state index is 12.3. The van der Waals surface area contributed by atoms with Crippen LogP contribution in [0.2, 0.25) is 5.02 Å². The van der Waals surface area contributed by atoms with Gasteiger partial charge in [0.05, 0.1) is 24.1 Å². The van der Waals surface area contributed by atoms with Gasteiger partial charge in [0.2, 0.25) is 5.96 Å². The first-order valence-corrected chi connectivity index (χ1v) is 8.00. The Hall–Kier alpha value is -3.03. The van der Waals surface area contributed by atoms with Crippen LogP contribution in [0.1, 0.15) is 5.56 Å². The molecule has 0 atom stereocenters. The molecule has 8 heteroatoms. The van der Waals surface area contributed by atoms with Gasteiger partial charge < -0.3 is 15.7 Å². The Morgan fingerprint density at radius 3 is 2.72 bits per heavy atom. The van der Waals surface area contributed by atoms with E-state index in [0.29, 0.717) is 34.1 Å². The van der Waals surface area contributed by atoms with Crippen LogP contribution in [0.5, 0.6) is 0 Å². The summed E-state index contributed by atoms with van der Waals surface area (Å²) >= 11 is 5.87. The van der Waals surface area contributed by atoms with Gasteiger partial charge in [0.25, 0.3) is 0 Å². The average Bonchev–Trinajstić information content (AvgIpc) is 3.16. The number of benzene rings is 2. The van der Waals surface area contributed by atoms with Gasteiger partial charge in [-0.15, -0.1) is 0 Å². The highest BCUT2D eigenvalue weighted by molar-refractivity contribution is 6.30. The highest BCUT2D eigenvalue weighted by Gasteiger charge is 2.15. The average molecular weight is 354 g/mol. The second-order valence-electron chi connectivity index (χ2n) is 5.54. The van der Waals surface area contributed by atoms with E-state index in [1.54, 1.807) is 18.5 Å². The summed E-state index contributed by atoms with van der Waals surface area (Å²) in [5.74, 6) is 0.397. The van der Waals surface area contributed by atoms with E-state index >= 15 is 0 Å². The number of guanidine groups is 1. The lowest BCUT2D eigenvalue weighted by atomic mass is 10.1. The summed E-state index contributed by atoms with van der Waals surface area (Å²) in [4.78, 5) is 4.40. The lowest BCUT2D eigenvalue weighted by Gasteiger charge is -2.38. The fourth-order valence-electron chi connectivity index (χ4n) is 2.54. The minimum atomic E-state index is 0.397. The summed E-state index contributed by atoms with van der Waals surface area (Å²) in [6.45, 7) is 0.433. The van der Waals surface area contributed by atoms with Gasteiger partial charge in [0.1, 0.15) is 0 Å². The minimum Gasteiger partial charge on any atom is -0.739 e. The number of nitrogens with zero attached hydrogens (tertiary/aromatic N) is 3. The van der Waals surface area contributed by atoms with E-state index in [1.807, 2.05) is 36.4 Å². The molecule has 0 bridgehead atoms. The van der Waals surface area contributed by atoms with Crippen molar-refractivity contribution in [1.29, 1.82) is 0 Å². The molecule has 1 aliphatic rings. The number of aromatic nitrogens is 2. The van der Waals surface area contributed by atoms with E-state index in [1.165, 1.54) is 0 Å². The number of aliphatic imine (C=N–C) groups is 1. The van der Waals surface area contributed by atoms with Crippen molar-refractivity contribution < 1.29 is 0 Å². The zero-order valence-corrected chi connectivity index (χ0v) is 13.8. The zero-order chi connectivity index (χ0) is 17.2. The number of hydrogen-bond acceptors (Lipinski definition) is 4. The van der Waals surface area contributed by atoms with Crippen molar-refractivity contribution in [3.8, 4) is 11.1 Å². The van der Waals surface area contributed by atoms with Crippen LogP contribution >= 0.6 is 11.6 Å². The van der Waals surface area contributed by atoms with Gasteiger partial charge in [0, 0.05) is 16.8 Å². The van der Waals surface area contributed by atoms with Gasteiger partial charge in [-0.3, -0.25) is 10.5 Å². The van der Waals surface area contributed by atoms with Gasteiger partial charge in [-0.25, -0.2) is 4.99 Å². The molecule has 0 saturated carbocycles. The fourth-order valence-corrected chi connectivity index (χ4v) is 2.67. The van der Waals surface area contributed by atoms with E-state index in [4.69, 9.17) is 11.6 Å². The molecule has 7 nitrogen and oxygen atoms in total.